The summed E-state index contributed by atoms with van der Waals surface area (Å²) < 4.78 is 0. The average Bonchev–Trinajstić information content (AvgIpc) is 3.40. The van der Waals surface area contributed by atoms with E-state index in [1.54, 1.807) is 36.5 Å². The smallest absolute Gasteiger partial charge is 0.263 e. The molecule has 0 spiro atoms. The zero-order valence-corrected chi connectivity index (χ0v) is 16.6. The van der Waals surface area contributed by atoms with Crippen molar-refractivity contribution in [2.24, 2.45) is 0 Å². The highest BCUT2D eigenvalue weighted by atomic mass is 32.1. The third-order valence-corrected chi connectivity index (χ3v) is 7.00. The SMILES string of the molecule is CN(C)C(=O)c1ccc(C2CCCN2Cc2ccc(-c3ccn[nH]3)s2)s1. The van der Waals surface area contributed by atoms with E-state index in [0.29, 0.717) is 6.04 Å². The molecule has 136 valence electrons. The Morgan fingerprint density at radius 1 is 1.27 bits per heavy atom. The summed E-state index contributed by atoms with van der Waals surface area (Å²) in [6.07, 6.45) is 4.15. The molecule has 3 aromatic rings. The Morgan fingerprint density at radius 3 is 2.92 bits per heavy atom. The third kappa shape index (κ3) is 3.47. The van der Waals surface area contributed by atoms with Gasteiger partial charge in [0, 0.05) is 42.6 Å². The maximum atomic E-state index is 12.2. The number of thiophene rings is 2. The summed E-state index contributed by atoms with van der Waals surface area (Å²) in [4.78, 5) is 21.1. The van der Waals surface area contributed by atoms with Gasteiger partial charge in [-0.2, -0.15) is 5.10 Å². The van der Waals surface area contributed by atoms with Crippen molar-refractivity contribution in [3.63, 3.8) is 0 Å². The summed E-state index contributed by atoms with van der Waals surface area (Å²) in [6.45, 7) is 2.06. The van der Waals surface area contributed by atoms with E-state index in [-0.39, 0.29) is 5.91 Å². The minimum absolute atomic E-state index is 0.0910. The molecule has 1 aliphatic heterocycles. The highest BCUT2D eigenvalue weighted by Crippen LogP contribution is 2.38. The first-order valence-electron chi connectivity index (χ1n) is 8.75. The van der Waals surface area contributed by atoms with Gasteiger partial charge in [0.2, 0.25) is 0 Å². The Hall–Kier alpha value is -1.96. The van der Waals surface area contributed by atoms with Gasteiger partial charge in [-0.3, -0.25) is 14.8 Å². The van der Waals surface area contributed by atoms with Crippen LogP contribution in [0.3, 0.4) is 0 Å². The van der Waals surface area contributed by atoms with Crippen molar-refractivity contribution in [1.82, 2.24) is 20.0 Å². The van der Waals surface area contributed by atoms with Crippen molar-refractivity contribution in [3.8, 4) is 10.6 Å². The zero-order chi connectivity index (χ0) is 18.1. The molecule has 3 aromatic heterocycles. The van der Waals surface area contributed by atoms with Crippen molar-refractivity contribution in [2.45, 2.75) is 25.4 Å². The lowest BCUT2D eigenvalue weighted by atomic mass is 10.2. The topological polar surface area (TPSA) is 52.2 Å². The molecule has 0 radical (unpaired) electrons. The number of amides is 1. The number of H-pyrrole nitrogens is 1. The molecule has 0 aliphatic carbocycles. The van der Waals surface area contributed by atoms with Gasteiger partial charge in [-0.25, -0.2) is 0 Å². The van der Waals surface area contributed by atoms with Gasteiger partial charge in [0.15, 0.2) is 0 Å². The molecule has 4 heterocycles. The van der Waals surface area contributed by atoms with Crippen LogP contribution in [-0.4, -0.2) is 46.5 Å². The van der Waals surface area contributed by atoms with E-state index in [1.165, 1.54) is 21.1 Å². The molecular weight excluding hydrogens is 364 g/mol. The zero-order valence-electron chi connectivity index (χ0n) is 14.9. The molecule has 1 amide bonds. The average molecular weight is 387 g/mol. The van der Waals surface area contributed by atoms with Gasteiger partial charge in [-0.1, -0.05) is 0 Å². The lowest BCUT2D eigenvalue weighted by Gasteiger charge is -2.22. The predicted molar refractivity (Wildman–Crippen MR) is 107 cm³/mol. The summed E-state index contributed by atoms with van der Waals surface area (Å²) in [5, 5.41) is 7.06. The fourth-order valence-electron chi connectivity index (χ4n) is 3.41. The largest absolute Gasteiger partial charge is 0.344 e. The summed E-state index contributed by atoms with van der Waals surface area (Å²) in [5.74, 6) is 0.0910. The summed E-state index contributed by atoms with van der Waals surface area (Å²) in [7, 11) is 3.61. The number of likely N-dealkylation sites (tertiary alicyclic amines) is 1. The van der Waals surface area contributed by atoms with Crippen LogP contribution in [0, 0.1) is 0 Å². The highest BCUT2D eigenvalue weighted by molar-refractivity contribution is 7.15. The quantitative estimate of drug-likeness (QED) is 0.714. The molecule has 1 N–H and O–H groups in total. The Labute approximate surface area is 161 Å². The number of nitrogens with one attached hydrogen (secondary N) is 1. The summed E-state index contributed by atoms with van der Waals surface area (Å²) in [6, 6.07) is 10.9. The lowest BCUT2D eigenvalue weighted by molar-refractivity contribution is 0.0832. The second-order valence-corrected chi connectivity index (χ2v) is 9.05. The molecule has 1 unspecified atom stereocenters. The van der Waals surface area contributed by atoms with Crippen LogP contribution < -0.4 is 0 Å². The predicted octanol–water partition coefficient (Wildman–Crippen LogP) is 4.24. The third-order valence-electron chi connectivity index (χ3n) is 4.72. The number of carbonyl (C=O) groups excluding carboxylic acids is 1. The van der Waals surface area contributed by atoms with E-state index in [2.05, 4.69) is 33.3 Å². The Kier molecular flexibility index (Phi) is 4.93. The van der Waals surface area contributed by atoms with Crippen LogP contribution in [0.15, 0.2) is 36.5 Å². The monoisotopic (exact) mass is 386 g/mol. The van der Waals surface area contributed by atoms with Crippen LogP contribution in [0.25, 0.3) is 10.6 Å². The maximum Gasteiger partial charge on any atom is 0.263 e. The summed E-state index contributed by atoms with van der Waals surface area (Å²) >= 11 is 3.46. The number of carbonyl (C=O) groups is 1. The molecule has 7 heteroatoms. The maximum absolute atomic E-state index is 12.2. The number of aromatic amines is 1. The Morgan fingerprint density at radius 2 is 2.15 bits per heavy atom. The van der Waals surface area contributed by atoms with E-state index in [9.17, 15) is 4.79 Å². The van der Waals surface area contributed by atoms with Gasteiger partial charge in [0.05, 0.1) is 15.4 Å². The fourth-order valence-corrected chi connectivity index (χ4v) is 5.61. The molecule has 4 rings (SSSR count). The molecule has 1 fully saturated rings. The molecule has 0 aromatic carbocycles. The van der Waals surface area contributed by atoms with E-state index in [1.807, 2.05) is 23.5 Å². The second-order valence-electron chi connectivity index (χ2n) is 6.77. The molecule has 0 saturated carbocycles. The summed E-state index contributed by atoms with van der Waals surface area (Å²) in [5.41, 5.74) is 1.07. The number of hydrogen-bond acceptors (Lipinski definition) is 5. The van der Waals surface area contributed by atoms with Crippen molar-refractivity contribution < 1.29 is 4.79 Å². The first-order chi connectivity index (χ1) is 12.6. The van der Waals surface area contributed by atoms with Crippen LogP contribution in [-0.2, 0) is 6.54 Å². The minimum atomic E-state index is 0.0910. The molecular formula is C19H22N4OS2. The normalized spacial score (nSPS) is 17.7. The van der Waals surface area contributed by atoms with Crippen molar-refractivity contribution in [3.05, 3.63) is 51.2 Å². The fraction of sp³-hybridized carbons (Fsp3) is 0.368. The van der Waals surface area contributed by atoms with Gasteiger partial charge in [-0.15, -0.1) is 22.7 Å². The first-order valence-corrected chi connectivity index (χ1v) is 10.4. The van der Waals surface area contributed by atoms with Crippen molar-refractivity contribution in [2.75, 3.05) is 20.6 Å². The second kappa shape index (κ2) is 7.34. The van der Waals surface area contributed by atoms with Crippen LogP contribution in [0.2, 0.25) is 0 Å². The first kappa shape index (κ1) is 17.5. The van der Waals surface area contributed by atoms with Gasteiger partial charge in [0.25, 0.3) is 5.91 Å². The van der Waals surface area contributed by atoms with E-state index < -0.39 is 0 Å². The van der Waals surface area contributed by atoms with E-state index >= 15 is 0 Å². The van der Waals surface area contributed by atoms with Crippen molar-refractivity contribution in [1.29, 1.82) is 0 Å². The van der Waals surface area contributed by atoms with Gasteiger partial charge in [-0.05, 0) is 49.7 Å². The standard InChI is InChI=1S/C19H22N4OS2/c1-22(2)19(24)18-8-7-17(26-18)15-4-3-11-23(15)12-13-5-6-16(25-13)14-9-10-20-21-14/h5-10,15H,3-4,11-12H2,1-2H3,(H,20,21). The Bertz CT molecular complexity index is 881. The number of aromatic nitrogens is 2. The number of hydrogen-bond donors (Lipinski definition) is 1. The molecule has 5 nitrogen and oxygen atoms in total. The molecule has 0 bridgehead atoms. The van der Waals surface area contributed by atoms with Gasteiger partial charge < -0.3 is 4.90 Å². The van der Waals surface area contributed by atoms with Crippen LogP contribution in [0.1, 0.15) is 38.3 Å². The van der Waals surface area contributed by atoms with Crippen LogP contribution in [0.4, 0.5) is 0 Å². The van der Waals surface area contributed by atoms with Crippen molar-refractivity contribution >= 4 is 28.6 Å². The van der Waals surface area contributed by atoms with E-state index in [4.69, 9.17) is 0 Å². The lowest BCUT2D eigenvalue weighted by Crippen LogP contribution is -2.22. The number of rotatable bonds is 5. The minimum Gasteiger partial charge on any atom is -0.344 e. The van der Waals surface area contributed by atoms with E-state index in [0.717, 1.165) is 30.1 Å². The number of nitrogens with zero attached hydrogens (tertiary/aromatic N) is 3. The Balaban J connectivity index is 1.48. The molecule has 1 atom stereocenters. The molecule has 1 aliphatic rings. The molecule has 1 saturated heterocycles. The van der Waals surface area contributed by atoms with Gasteiger partial charge in [0.1, 0.15) is 0 Å². The molecule has 26 heavy (non-hydrogen) atoms. The van der Waals surface area contributed by atoms with Crippen LogP contribution >= 0.6 is 22.7 Å². The van der Waals surface area contributed by atoms with Crippen LogP contribution in [0.5, 0.6) is 0 Å². The van der Waals surface area contributed by atoms with Gasteiger partial charge >= 0.3 is 0 Å². The highest BCUT2D eigenvalue weighted by Gasteiger charge is 2.28.